The smallest absolute Gasteiger partial charge is 0.306 e. The number of carbonyl (C=O) groups is 2. The number of halogens is 2. The molecule has 1 saturated carbocycles. The summed E-state index contributed by atoms with van der Waals surface area (Å²) in [6, 6.07) is 11.2. The predicted octanol–water partition coefficient (Wildman–Crippen LogP) is 6.14. The van der Waals surface area contributed by atoms with Gasteiger partial charge in [0.15, 0.2) is 5.13 Å². The van der Waals surface area contributed by atoms with Crippen LogP contribution in [0.1, 0.15) is 43.2 Å². The minimum atomic E-state index is -1.08. The Kier molecular flexibility index (Phi) is 8.16. The van der Waals surface area contributed by atoms with Crippen LogP contribution in [-0.2, 0) is 20.7 Å². The predicted molar refractivity (Wildman–Crippen MR) is 147 cm³/mol. The fourth-order valence-electron chi connectivity index (χ4n) is 5.29. The van der Waals surface area contributed by atoms with E-state index in [1.165, 1.54) is 5.56 Å². The second-order valence-electron chi connectivity index (χ2n) is 10.3. The number of rotatable bonds is 8. The first-order valence-corrected chi connectivity index (χ1v) is 14.1. The van der Waals surface area contributed by atoms with Crippen LogP contribution in [0, 0.1) is 12.8 Å². The highest BCUT2D eigenvalue weighted by Gasteiger charge is 2.36. The van der Waals surface area contributed by atoms with Crippen molar-refractivity contribution in [3.8, 4) is 0 Å². The summed E-state index contributed by atoms with van der Waals surface area (Å²) in [4.78, 5) is 30.5. The SMILES string of the molecule is Cc1ccc2nc(Nc3ccc(CC(=O)N4C[C@@H](F)C[C@H]4COC4CCC(C(=O)O)CC4)cc3Cl)sc2c1. The molecule has 0 bridgehead atoms. The number of ether oxygens (including phenoxy) is 1. The molecule has 2 aromatic carbocycles. The zero-order valence-corrected chi connectivity index (χ0v) is 22.7. The third-order valence-electron chi connectivity index (χ3n) is 7.41. The lowest BCUT2D eigenvalue weighted by molar-refractivity contribution is -0.144. The van der Waals surface area contributed by atoms with Crippen molar-refractivity contribution in [1.82, 2.24) is 9.88 Å². The summed E-state index contributed by atoms with van der Waals surface area (Å²) < 4.78 is 21.4. The summed E-state index contributed by atoms with van der Waals surface area (Å²) in [7, 11) is 0. The van der Waals surface area contributed by atoms with E-state index in [2.05, 4.69) is 16.4 Å². The number of nitrogens with zero attached hydrogens (tertiary/aromatic N) is 2. The summed E-state index contributed by atoms with van der Waals surface area (Å²) in [5.74, 6) is -1.23. The third kappa shape index (κ3) is 6.27. The molecule has 202 valence electrons. The molecule has 1 saturated heterocycles. The molecular formula is C28H31ClFN3O4S. The number of likely N-dealkylation sites (tertiary alicyclic amines) is 1. The number of anilines is 2. The number of carboxylic acids is 1. The van der Waals surface area contributed by atoms with Gasteiger partial charge in [-0.15, -0.1) is 0 Å². The van der Waals surface area contributed by atoms with Crippen LogP contribution in [0.25, 0.3) is 10.2 Å². The first-order chi connectivity index (χ1) is 18.2. The molecule has 38 heavy (non-hydrogen) atoms. The van der Waals surface area contributed by atoms with Gasteiger partial charge in [0.25, 0.3) is 0 Å². The standard InChI is InChI=1S/C28H31ClFN3O4S/c1-16-2-8-24-25(10-16)38-28(32-24)31-23-9-3-17(11-22(23)29)12-26(34)33-14-19(30)13-20(33)15-37-21-6-4-18(5-7-21)27(35)36/h2-3,8-11,18-21H,4-7,12-15H2,1H3,(H,31,32)(H,35,36)/t18?,19-,20-,21?/m0/s1. The molecule has 10 heteroatoms. The summed E-state index contributed by atoms with van der Waals surface area (Å²) in [6.07, 6.45) is 1.77. The Balaban J connectivity index is 1.17. The average Bonchev–Trinajstić information content (AvgIpc) is 3.46. The fourth-order valence-corrected chi connectivity index (χ4v) is 6.52. The summed E-state index contributed by atoms with van der Waals surface area (Å²) >= 11 is 8.08. The van der Waals surface area contributed by atoms with Crippen molar-refractivity contribution >= 4 is 55.8 Å². The number of nitrogens with one attached hydrogen (secondary N) is 1. The van der Waals surface area contributed by atoms with Crippen LogP contribution in [0.15, 0.2) is 36.4 Å². The summed E-state index contributed by atoms with van der Waals surface area (Å²) in [5, 5.41) is 13.7. The highest BCUT2D eigenvalue weighted by Crippen LogP contribution is 2.33. The number of alkyl halides is 1. The lowest BCUT2D eigenvalue weighted by Gasteiger charge is -2.29. The van der Waals surface area contributed by atoms with Crippen LogP contribution >= 0.6 is 22.9 Å². The van der Waals surface area contributed by atoms with Gasteiger partial charge in [0.1, 0.15) is 6.17 Å². The molecule has 0 radical (unpaired) electrons. The van der Waals surface area contributed by atoms with E-state index in [1.54, 1.807) is 22.3 Å². The molecule has 7 nitrogen and oxygen atoms in total. The molecule has 0 unspecified atom stereocenters. The number of carboxylic acid groups (broad SMARTS) is 1. The van der Waals surface area contributed by atoms with Crippen molar-refractivity contribution in [2.75, 3.05) is 18.5 Å². The summed E-state index contributed by atoms with van der Waals surface area (Å²) in [6.45, 7) is 2.37. The van der Waals surface area contributed by atoms with Crippen molar-refractivity contribution in [3.05, 3.63) is 52.5 Å². The zero-order valence-electron chi connectivity index (χ0n) is 21.2. The monoisotopic (exact) mass is 559 g/mol. The minimum Gasteiger partial charge on any atom is -0.481 e. The van der Waals surface area contributed by atoms with Gasteiger partial charge in [-0.25, -0.2) is 9.37 Å². The molecule has 1 aromatic heterocycles. The molecule has 5 rings (SSSR count). The number of aliphatic carboxylic acids is 1. The van der Waals surface area contributed by atoms with Crippen LogP contribution in [0.5, 0.6) is 0 Å². The van der Waals surface area contributed by atoms with Gasteiger partial charge < -0.3 is 20.1 Å². The zero-order chi connectivity index (χ0) is 26.8. The van der Waals surface area contributed by atoms with Gasteiger partial charge in [0.05, 0.1) is 58.6 Å². The Hall–Kier alpha value is -2.75. The molecular weight excluding hydrogens is 529 g/mol. The molecule has 2 aliphatic rings. The van der Waals surface area contributed by atoms with E-state index in [0.717, 1.165) is 20.9 Å². The van der Waals surface area contributed by atoms with Crippen LogP contribution in [0.3, 0.4) is 0 Å². The van der Waals surface area contributed by atoms with E-state index >= 15 is 0 Å². The molecule has 1 amide bonds. The third-order valence-corrected chi connectivity index (χ3v) is 8.65. The number of aryl methyl sites for hydroxylation is 1. The maximum absolute atomic E-state index is 14.3. The first-order valence-electron chi connectivity index (χ1n) is 13.0. The second kappa shape index (κ2) is 11.6. The van der Waals surface area contributed by atoms with Gasteiger partial charge in [0.2, 0.25) is 5.91 Å². The maximum atomic E-state index is 14.3. The largest absolute Gasteiger partial charge is 0.481 e. The first kappa shape index (κ1) is 26.8. The number of thiazole rings is 1. The molecule has 2 N–H and O–H groups in total. The Morgan fingerprint density at radius 2 is 2.00 bits per heavy atom. The Bertz CT molecular complexity index is 1330. The quantitative estimate of drug-likeness (QED) is 0.344. The highest BCUT2D eigenvalue weighted by molar-refractivity contribution is 7.22. The van der Waals surface area contributed by atoms with Crippen molar-refractivity contribution in [2.24, 2.45) is 5.92 Å². The second-order valence-corrected chi connectivity index (χ2v) is 11.7. The number of amides is 1. The topological polar surface area (TPSA) is 91.8 Å². The maximum Gasteiger partial charge on any atom is 0.306 e. The van der Waals surface area contributed by atoms with Crippen molar-refractivity contribution in [3.63, 3.8) is 0 Å². The molecule has 1 aliphatic heterocycles. The van der Waals surface area contributed by atoms with Gasteiger partial charge in [-0.1, -0.05) is 35.1 Å². The van der Waals surface area contributed by atoms with E-state index in [1.807, 2.05) is 31.2 Å². The van der Waals surface area contributed by atoms with E-state index < -0.39 is 12.1 Å². The van der Waals surface area contributed by atoms with Crippen LogP contribution in [0.2, 0.25) is 5.02 Å². The highest BCUT2D eigenvalue weighted by atomic mass is 35.5. The van der Waals surface area contributed by atoms with E-state index in [9.17, 15) is 14.0 Å². The molecule has 1 aliphatic carbocycles. The molecule has 3 aromatic rings. The normalized spacial score (nSPS) is 23.6. The van der Waals surface area contributed by atoms with Gasteiger partial charge in [-0.2, -0.15) is 0 Å². The minimum absolute atomic E-state index is 0.0421. The van der Waals surface area contributed by atoms with E-state index in [0.29, 0.717) is 36.4 Å². The molecule has 2 fully saturated rings. The van der Waals surface area contributed by atoms with Gasteiger partial charge in [-0.05, 0) is 68.0 Å². The fraction of sp³-hybridized carbons (Fsp3) is 0.464. The van der Waals surface area contributed by atoms with Crippen LogP contribution in [-0.4, -0.2) is 58.3 Å². The van der Waals surface area contributed by atoms with E-state index in [4.69, 9.17) is 21.4 Å². The molecule has 0 spiro atoms. The van der Waals surface area contributed by atoms with Crippen LogP contribution < -0.4 is 5.32 Å². The Labute approximate surface area is 230 Å². The van der Waals surface area contributed by atoms with Crippen molar-refractivity contribution in [1.29, 1.82) is 0 Å². The number of benzene rings is 2. The van der Waals surface area contributed by atoms with E-state index in [-0.39, 0.29) is 50.0 Å². The van der Waals surface area contributed by atoms with Gasteiger partial charge >= 0.3 is 5.97 Å². The number of fused-ring (bicyclic) bond motifs is 1. The van der Waals surface area contributed by atoms with Crippen molar-refractivity contribution < 1.29 is 23.8 Å². The molecule has 2 heterocycles. The van der Waals surface area contributed by atoms with Crippen molar-refractivity contribution in [2.45, 2.75) is 63.8 Å². The van der Waals surface area contributed by atoms with Crippen LogP contribution in [0.4, 0.5) is 15.2 Å². The number of aromatic nitrogens is 1. The lowest BCUT2D eigenvalue weighted by atomic mass is 9.87. The van der Waals surface area contributed by atoms with Gasteiger partial charge in [0, 0.05) is 6.42 Å². The lowest BCUT2D eigenvalue weighted by Crippen LogP contribution is -2.40. The molecule has 2 atom stereocenters. The summed E-state index contributed by atoms with van der Waals surface area (Å²) in [5.41, 5.74) is 3.55. The number of hydrogen-bond donors (Lipinski definition) is 2. The number of carbonyl (C=O) groups excluding carboxylic acids is 1. The Morgan fingerprint density at radius 3 is 2.74 bits per heavy atom. The van der Waals surface area contributed by atoms with Gasteiger partial charge in [-0.3, -0.25) is 9.59 Å². The average molecular weight is 560 g/mol. The number of hydrogen-bond acceptors (Lipinski definition) is 6. The Morgan fingerprint density at radius 1 is 1.21 bits per heavy atom.